The van der Waals surface area contributed by atoms with E-state index in [1.165, 1.54) is 16.0 Å². The molecule has 0 aliphatic carbocycles. The molecule has 0 aliphatic heterocycles. The Balaban J connectivity index is 1.90. The molecule has 4 heteroatoms. The van der Waals surface area contributed by atoms with Crippen molar-refractivity contribution in [3.63, 3.8) is 0 Å². The quantitative estimate of drug-likeness (QED) is 0.852. The predicted molar refractivity (Wildman–Crippen MR) is 78.8 cm³/mol. The smallest absolute Gasteiger partial charge is 0.0931 e. The van der Waals surface area contributed by atoms with Gasteiger partial charge in [-0.2, -0.15) is 0 Å². The lowest BCUT2D eigenvalue weighted by Gasteiger charge is -2.06. The summed E-state index contributed by atoms with van der Waals surface area (Å²) >= 11 is 11.1. The van der Waals surface area contributed by atoms with Crippen molar-refractivity contribution in [1.82, 2.24) is 5.32 Å². The zero-order chi connectivity index (χ0) is 12.3. The molecule has 1 aromatic heterocycles. The fourth-order valence-electron chi connectivity index (χ4n) is 1.56. The highest BCUT2D eigenvalue weighted by atomic mass is 79.9. The van der Waals surface area contributed by atoms with E-state index in [-0.39, 0.29) is 0 Å². The zero-order valence-electron chi connectivity index (χ0n) is 9.47. The summed E-state index contributed by atoms with van der Waals surface area (Å²) in [5.41, 5.74) is 2.55. The summed E-state index contributed by atoms with van der Waals surface area (Å²) in [6.07, 6.45) is 0. The first-order valence-electron chi connectivity index (χ1n) is 5.35. The van der Waals surface area contributed by atoms with E-state index in [4.69, 9.17) is 11.6 Å². The van der Waals surface area contributed by atoms with Crippen LogP contribution in [0.3, 0.4) is 0 Å². The highest BCUT2D eigenvalue weighted by Crippen LogP contribution is 2.22. The van der Waals surface area contributed by atoms with Crippen LogP contribution in [-0.4, -0.2) is 0 Å². The summed E-state index contributed by atoms with van der Waals surface area (Å²) < 4.78 is 2.01. The van der Waals surface area contributed by atoms with Crippen LogP contribution in [0.1, 0.15) is 16.0 Å². The second kappa shape index (κ2) is 6.01. The molecule has 0 saturated carbocycles. The molecule has 90 valence electrons. The molecule has 0 saturated heterocycles. The average molecular weight is 331 g/mol. The summed E-state index contributed by atoms with van der Waals surface area (Å²) in [6, 6.07) is 10.4. The van der Waals surface area contributed by atoms with E-state index in [1.54, 1.807) is 11.3 Å². The molecule has 0 radical (unpaired) electrons. The second-order valence-electron chi connectivity index (χ2n) is 3.90. The molecule has 1 nitrogen and oxygen atoms in total. The van der Waals surface area contributed by atoms with Crippen LogP contribution >= 0.6 is 38.9 Å². The maximum Gasteiger partial charge on any atom is 0.0931 e. The maximum atomic E-state index is 5.88. The van der Waals surface area contributed by atoms with Crippen molar-refractivity contribution in [2.75, 3.05) is 0 Å². The lowest BCUT2D eigenvalue weighted by Crippen LogP contribution is -2.12. The van der Waals surface area contributed by atoms with Crippen LogP contribution in [0.25, 0.3) is 0 Å². The van der Waals surface area contributed by atoms with Crippen LogP contribution in [0, 0.1) is 6.92 Å². The zero-order valence-corrected chi connectivity index (χ0v) is 12.6. The van der Waals surface area contributed by atoms with Crippen molar-refractivity contribution in [1.29, 1.82) is 0 Å². The molecule has 0 bridgehead atoms. The number of aryl methyl sites for hydroxylation is 1. The van der Waals surface area contributed by atoms with Gasteiger partial charge in [0.05, 0.1) is 4.34 Å². The molecular formula is C13H13BrClNS. The minimum absolute atomic E-state index is 0.846. The van der Waals surface area contributed by atoms with E-state index in [0.717, 1.165) is 21.9 Å². The van der Waals surface area contributed by atoms with Gasteiger partial charge in [0, 0.05) is 22.4 Å². The van der Waals surface area contributed by atoms with Crippen LogP contribution in [0.15, 0.2) is 34.8 Å². The molecule has 2 rings (SSSR count). The first-order chi connectivity index (χ1) is 8.15. The number of rotatable bonds is 4. The fourth-order valence-corrected chi connectivity index (χ4v) is 3.25. The van der Waals surface area contributed by atoms with Crippen molar-refractivity contribution >= 4 is 38.9 Å². The summed E-state index contributed by atoms with van der Waals surface area (Å²) in [5.74, 6) is 0. The van der Waals surface area contributed by atoms with Gasteiger partial charge in [-0.15, -0.1) is 11.3 Å². The third kappa shape index (κ3) is 3.81. The molecule has 0 aliphatic rings. The van der Waals surface area contributed by atoms with E-state index in [9.17, 15) is 0 Å². The molecule has 2 aromatic rings. The Labute approximate surface area is 119 Å². The number of hydrogen-bond acceptors (Lipinski definition) is 2. The molecule has 17 heavy (non-hydrogen) atoms. The van der Waals surface area contributed by atoms with Gasteiger partial charge < -0.3 is 5.32 Å². The van der Waals surface area contributed by atoms with Crippen LogP contribution in [-0.2, 0) is 13.1 Å². The SMILES string of the molecule is Cc1ccc(CNCc2ccc(Cl)s2)c(Br)c1. The number of halogens is 2. The molecule has 0 unspecified atom stereocenters. The largest absolute Gasteiger partial charge is 0.308 e. The van der Waals surface area contributed by atoms with Gasteiger partial charge in [0.25, 0.3) is 0 Å². The minimum atomic E-state index is 0.846. The van der Waals surface area contributed by atoms with Crippen molar-refractivity contribution < 1.29 is 0 Å². The lowest BCUT2D eigenvalue weighted by atomic mass is 10.1. The number of nitrogens with one attached hydrogen (secondary N) is 1. The molecule has 0 atom stereocenters. The molecule has 0 fully saturated rings. The van der Waals surface area contributed by atoms with Gasteiger partial charge in [-0.05, 0) is 36.2 Å². The summed E-state index contributed by atoms with van der Waals surface area (Å²) in [7, 11) is 0. The van der Waals surface area contributed by atoms with E-state index in [0.29, 0.717) is 0 Å². The van der Waals surface area contributed by atoms with Crippen LogP contribution < -0.4 is 5.32 Å². The number of thiophene rings is 1. The fraction of sp³-hybridized carbons (Fsp3) is 0.231. The van der Waals surface area contributed by atoms with Gasteiger partial charge in [0.2, 0.25) is 0 Å². The average Bonchev–Trinajstić information content (AvgIpc) is 2.68. The van der Waals surface area contributed by atoms with Crippen LogP contribution in [0.5, 0.6) is 0 Å². The maximum absolute atomic E-state index is 5.88. The molecule has 1 heterocycles. The molecule has 0 amide bonds. The number of benzene rings is 1. The van der Waals surface area contributed by atoms with Crippen molar-refractivity contribution in [2.45, 2.75) is 20.0 Å². The third-order valence-electron chi connectivity index (χ3n) is 2.45. The van der Waals surface area contributed by atoms with Gasteiger partial charge in [0.15, 0.2) is 0 Å². The van der Waals surface area contributed by atoms with Crippen molar-refractivity contribution in [3.8, 4) is 0 Å². The Morgan fingerprint density at radius 1 is 1.24 bits per heavy atom. The van der Waals surface area contributed by atoms with E-state index >= 15 is 0 Å². The van der Waals surface area contributed by atoms with E-state index in [1.807, 2.05) is 6.07 Å². The Bertz CT molecular complexity index is 510. The molecule has 0 spiro atoms. The van der Waals surface area contributed by atoms with Gasteiger partial charge in [-0.1, -0.05) is 39.7 Å². The topological polar surface area (TPSA) is 12.0 Å². The Morgan fingerprint density at radius 3 is 2.71 bits per heavy atom. The Hall–Kier alpha value is -0.350. The van der Waals surface area contributed by atoms with Crippen molar-refractivity contribution in [2.24, 2.45) is 0 Å². The summed E-state index contributed by atoms with van der Waals surface area (Å²) in [4.78, 5) is 1.26. The highest BCUT2D eigenvalue weighted by Gasteiger charge is 2.01. The summed E-state index contributed by atoms with van der Waals surface area (Å²) in [5, 5.41) is 3.41. The lowest BCUT2D eigenvalue weighted by molar-refractivity contribution is 0.699. The van der Waals surface area contributed by atoms with Gasteiger partial charge in [0.1, 0.15) is 0 Å². The van der Waals surface area contributed by atoms with Crippen LogP contribution in [0.4, 0.5) is 0 Å². The molecule has 1 N–H and O–H groups in total. The van der Waals surface area contributed by atoms with Gasteiger partial charge >= 0.3 is 0 Å². The molecular weight excluding hydrogens is 318 g/mol. The first kappa shape index (κ1) is 13.1. The van der Waals surface area contributed by atoms with Crippen LogP contribution in [0.2, 0.25) is 4.34 Å². The Kier molecular flexibility index (Phi) is 4.62. The van der Waals surface area contributed by atoms with Gasteiger partial charge in [-0.25, -0.2) is 0 Å². The van der Waals surface area contributed by atoms with E-state index < -0.39 is 0 Å². The number of hydrogen-bond donors (Lipinski definition) is 1. The third-order valence-corrected chi connectivity index (χ3v) is 4.42. The molecule has 1 aromatic carbocycles. The van der Waals surface area contributed by atoms with Gasteiger partial charge in [-0.3, -0.25) is 0 Å². The highest BCUT2D eigenvalue weighted by molar-refractivity contribution is 9.10. The first-order valence-corrected chi connectivity index (χ1v) is 7.34. The monoisotopic (exact) mass is 329 g/mol. The van der Waals surface area contributed by atoms with E-state index in [2.05, 4.69) is 52.4 Å². The predicted octanol–water partition coefficient (Wildman–Crippen LogP) is 4.76. The summed E-state index contributed by atoms with van der Waals surface area (Å²) in [6.45, 7) is 3.81. The second-order valence-corrected chi connectivity index (χ2v) is 6.56. The van der Waals surface area contributed by atoms with Crippen molar-refractivity contribution in [3.05, 3.63) is 55.1 Å². The standard InChI is InChI=1S/C13H13BrClNS/c1-9-2-3-10(12(14)6-9)7-16-8-11-4-5-13(15)17-11/h2-6,16H,7-8H2,1H3. The normalized spacial score (nSPS) is 10.8. The minimum Gasteiger partial charge on any atom is -0.308 e. The Morgan fingerprint density at radius 2 is 2.06 bits per heavy atom.